The van der Waals surface area contributed by atoms with Crippen LogP contribution >= 0.6 is 11.6 Å². The molecule has 0 aromatic heterocycles. The number of benzene rings is 3. The van der Waals surface area contributed by atoms with Gasteiger partial charge in [-0.25, -0.2) is 4.39 Å². The molecule has 3 aromatic carbocycles. The molecule has 0 bridgehead atoms. The van der Waals surface area contributed by atoms with Gasteiger partial charge in [0.1, 0.15) is 11.9 Å². The molecule has 4 rings (SSSR count). The maximum Gasteiger partial charge on any atom is 0.249 e. The lowest BCUT2D eigenvalue weighted by molar-refractivity contribution is -0.0256. The van der Waals surface area contributed by atoms with E-state index in [-0.39, 0.29) is 45.3 Å². The number of hydrogen-bond acceptors (Lipinski definition) is 5. The molecule has 0 spiro atoms. The van der Waals surface area contributed by atoms with Crippen LogP contribution in [0.1, 0.15) is 27.6 Å². The molecule has 1 amide bonds. The minimum atomic E-state index is -1.31. The van der Waals surface area contributed by atoms with Crippen LogP contribution in [0.4, 0.5) is 4.39 Å². The second-order valence-electron chi connectivity index (χ2n) is 7.17. The highest BCUT2D eigenvalue weighted by Gasteiger charge is 2.50. The molecule has 160 valence electrons. The Morgan fingerprint density at radius 2 is 1.90 bits per heavy atom. The fourth-order valence-corrected chi connectivity index (χ4v) is 4.31. The number of ether oxygens (including phenoxy) is 2. The zero-order chi connectivity index (χ0) is 22.3. The molecular formula is C23H20ClFN2O4. The lowest BCUT2D eigenvalue weighted by Crippen LogP contribution is -2.42. The number of amides is 1. The monoisotopic (exact) mass is 442 g/mol. The van der Waals surface area contributed by atoms with Crippen LogP contribution in [0.2, 0.25) is 5.02 Å². The van der Waals surface area contributed by atoms with E-state index in [4.69, 9.17) is 32.5 Å². The minimum Gasteiger partial charge on any atom is -0.494 e. The first-order valence-corrected chi connectivity index (χ1v) is 9.85. The van der Waals surface area contributed by atoms with Gasteiger partial charge in [-0.2, -0.15) is 0 Å². The number of rotatable bonds is 5. The topological polar surface area (TPSA) is 108 Å². The standard InChI is InChI=1S/C23H20ClFN2O4/c1-30-16-9-7-13(22(27)29)17(20(16)25)18-14(24)8-10-15-19(18)21(28)23(11-26,31-15)12-5-3-2-4-6-12/h2-10,21,28H,11,26H2,1H3,(H2,27,29)/t21-,23+/m0/s1. The van der Waals surface area contributed by atoms with Crippen LogP contribution in [0.3, 0.4) is 0 Å². The van der Waals surface area contributed by atoms with Crippen molar-refractivity contribution in [3.63, 3.8) is 0 Å². The second kappa shape index (κ2) is 7.85. The number of carbonyl (C=O) groups is 1. The Kier molecular flexibility index (Phi) is 5.35. The van der Waals surface area contributed by atoms with Gasteiger partial charge in [-0.05, 0) is 29.8 Å². The number of aliphatic hydroxyl groups excluding tert-OH is 1. The van der Waals surface area contributed by atoms with E-state index in [9.17, 15) is 9.90 Å². The molecule has 1 heterocycles. The fraction of sp³-hybridized carbons (Fsp3) is 0.174. The summed E-state index contributed by atoms with van der Waals surface area (Å²) < 4.78 is 26.6. The summed E-state index contributed by atoms with van der Waals surface area (Å²) in [6.07, 6.45) is -1.30. The van der Waals surface area contributed by atoms with Crippen molar-refractivity contribution in [2.24, 2.45) is 11.5 Å². The average molecular weight is 443 g/mol. The summed E-state index contributed by atoms with van der Waals surface area (Å²) in [5, 5.41) is 11.5. The molecule has 0 saturated heterocycles. The summed E-state index contributed by atoms with van der Waals surface area (Å²) in [5.41, 5.74) is 10.9. The van der Waals surface area contributed by atoms with E-state index < -0.39 is 23.4 Å². The van der Waals surface area contributed by atoms with Crippen molar-refractivity contribution in [1.82, 2.24) is 0 Å². The van der Waals surface area contributed by atoms with Crippen LogP contribution in [0.15, 0.2) is 54.6 Å². The first-order chi connectivity index (χ1) is 14.9. The van der Waals surface area contributed by atoms with E-state index in [0.29, 0.717) is 5.56 Å². The molecule has 5 N–H and O–H groups in total. The number of nitrogens with two attached hydrogens (primary N) is 2. The summed E-state index contributed by atoms with van der Waals surface area (Å²) >= 11 is 6.48. The molecule has 1 aliphatic rings. The van der Waals surface area contributed by atoms with Crippen LogP contribution in [-0.4, -0.2) is 24.7 Å². The number of halogens is 2. The molecular weight excluding hydrogens is 423 g/mol. The van der Waals surface area contributed by atoms with Gasteiger partial charge in [0.25, 0.3) is 0 Å². The largest absolute Gasteiger partial charge is 0.494 e. The van der Waals surface area contributed by atoms with Crippen molar-refractivity contribution in [2.45, 2.75) is 11.7 Å². The molecule has 0 unspecified atom stereocenters. The van der Waals surface area contributed by atoms with Crippen molar-refractivity contribution < 1.29 is 23.8 Å². The molecule has 3 aromatic rings. The number of methoxy groups -OCH3 is 1. The summed E-state index contributed by atoms with van der Waals surface area (Å²) in [5.74, 6) is -1.51. The molecule has 8 heteroatoms. The van der Waals surface area contributed by atoms with Gasteiger partial charge >= 0.3 is 0 Å². The van der Waals surface area contributed by atoms with E-state index in [1.807, 2.05) is 6.07 Å². The van der Waals surface area contributed by atoms with Gasteiger partial charge in [0.05, 0.1) is 12.7 Å². The number of aliphatic hydroxyl groups is 1. The Labute approximate surface area is 183 Å². The molecule has 1 aliphatic heterocycles. The third kappa shape index (κ3) is 3.13. The lowest BCUT2D eigenvalue weighted by atomic mass is 9.83. The quantitative estimate of drug-likeness (QED) is 0.560. The second-order valence-corrected chi connectivity index (χ2v) is 7.57. The Balaban J connectivity index is 2.02. The zero-order valence-corrected chi connectivity index (χ0v) is 17.3. The summed E-state index contributed by atoms with van der Waals surface area (Å²) in [6, 6.07) is 14.7. The van der Waals surface area contributed by atoms with Crippen LogP contribution in [0.5, 0.6) is 11.5 Å². The highest BCUT2D eigenvalue weighted by atomic mass is 35.5. The molecule has 31 heavy (non-hydrogen) atoms. The first-order valence-electron chi connectivity index (χ1n) is 9.47. The average Bonchev–Trinajstić information content (AvgIpc) is 3.07. The van der Waals surface area contributed by atoms with Crippen LogP contribution < -0.4 is 20.9 Å². The van der Waals surface area contributed by atoms with Gasteiger partial charge in [0.2, 0.25) is 5.91 Å². The smallest absolute Gasteiger partial charge is 0.249 e. The molecule has 0 radical (unpaired) electrons. The summed E-state index contributed by atoms with van der Waals surface area (Å²) in [4.78, 5) is 12.1. The van der Waals surface area contributed by atoms with Crippen LogP contribution in [0.25, 0.3) is 11.1 Å². The summed E-state index contributed by atoms with van der Waals surface area (Å²) in [7, 11) is 1.30. The first kappa shape index (κ1) is 21.1. The van der Waals surface area contributed by atoms with Gasteiger partial charge in [0.15, 0.2) is 17.2 Å². The van der Waals surface area contributed by atoms with Crippen molar-refractivity contribution in [1.29, 1.82) is 0 Å². The molecule has 2 atom stereocenters. The van der Waals surface area contributed by atoms with Gasteiger partial charge in [-0.15, -0.1) is 0 Å². The predicted molar refractivity (Wildman–Crippen MR) is 115 cm³/mol. The maximum atomic E-state index is 15.4. The predicted octanol–water partition coefficient (Wildman–Crippen LogP) is 3.53. The maximum absolute atomic E-state index is 15.4. The van der Waals surface area contributed by atoms with Crippen molar-refractivity contribution in [3.05, 3.63) is 82.1 Å². The highest BCUT2D eigenvalue weighted by molar-refractivity contribution is 6.34. The third-order valence-electron chi connectivity index (χ3n) is 5.57. The number of hydrogen-bond donors (Lipinski definition) is 3. The van der Waals surface area contributed by atoms with Gasteiger partial charge < -0.3 is 26.0 Å². The molecule has 6 nitrogen and oxygen atoms in total. The highest BCUT2D eigenvalue weighted by Crippen LogP contribution is 2.54. The Morgan fingerprint density at radius 3 is 2.52 bits per heavy atom. The van der Waals surface area contributed by atoms with E-state index in [2.05, 4.69) is 0 Å². The third-order valence-corrected chi connectivity index (χ3v) is 5.88. The van der Waals surface area contributed by atoms with E-state index in [1.165, 1.54) is 25.3 Å². The normalized spacial score (nSPS) is 19.6. The van der Waals surface area contributed by atoms with Crippen molar-refractivity contribution in [2.75, 3.05) is 13.7 Å². The number of fused-ring (bicyclic) bond motifs is 1. The fourth-order valence-electron chi connectivity index (χ4n) is 4.05. The van der Waals surface area contributed by atoms with Crippen molar-refractivity contribution in [3.8, 4) is 22.6 Å². The van der Waals surface area contributed by atoms with E-state index in [0.717, 1.165) is 0 Å². The zero-order valence-electron chi connectivity index (χ0n) is 16.6. The molecule has 0 saturated carbocycles. The van der Waals surface area contributed by atoms with Crippen molar-refractivity contribution >= 4 is 17.5 Å². The lowest BCUT2D eigenvalue weighted by Gasteiger charge is -2.31. The van der Waals surface area contributed by atoms with Crippen LogP contribution in [-0.2, 0) is 5.60 Å². The Hall–Kier alpha value is -3.13. The van der Waals surface area contributed by atoms with Crippen LogP contribution in [0, 0.1) is 5.82 Å². The van der Waals surface area contributed by atoms with Gasteiger partial charge in [-0.3, -0.25) is 4.79 Å². The number of primary amides is 1. The minimum absolute atomic E-state index is 0.0623. The van der Waals surface area contributed by atoms with E-state index >= 15 is 4.39 Å². The van der Waals surface area contributed by atoms with E-state index in [1.54, 1.807) is 30.3 Å². The Morgan fingerprint density at radius 1 is 1.19 bits per heavy atom. The van der Waals surface area contributed by atoms with Gasteiger partial charge in [0, 0.05) is 28.3 Å². The van der Waals surface area contributed by atoms with Gasteiger partial charge in [-0.1, -0.05) is 41.9 Å². The SMILES string of the molecule is COc1ccc(C(N)=O)c(-c2c(Cl)ccc3c2[C@H](O)[C@@](CN)(c2ccccc2)O3)c1F. The molecule has 0 fully saturated rings. The number of carbonyl (C=O) groups excluding carboxylic acids is 1. The molecule has 0 aliphatic carbocycles. The summed E-state index contributed by atoms with van der Waals surface area (Å²) in [6.45, 7) is -0.0623. The Bertz CT molecular complexity index is 1170.